The molecule has 0 aliphatic carbocycles. The molecule has 0 aromatic carbocycles. The Morgan fingerprint density at radius 1 is 1.71 bits per heavy atom. The lowest BCUT2D eigenvalue weighted by molar-refractivity contribution is 0.200. The van der Waals surface area contributed by atoms with Gasteiger partial charge in [0.05, 0.1) is 5.70 Å². The number of nitrogens with one attached hydrogen (secondary N) is 2. The Morgan fingerprint density at radius 2 is 2.29 bits per heavy atom. The number of hydrogen-bond donors (Lipinski definition) is 3. The molecule has 0 bridgehead atoms. The molecule has 3 N–H and O–H groups in total. The summed E-state index contributed by atoms with van der Waals surface area (Å²) >= 11 is 0. The van der Waals surface area contributed by atoms with E-state index in [9.17, 15) is 0 Å². The van der Waals surface area contributed by atoms with Crippen molar-refractivity contribution in [3.63, 3.8) is 0 Å². The standard InChI is InChI=1S/C4H10N2O/c1-4(6-7)3-5-2/h3,5-7H,1-2H3/b4-3-. The Balaban J connectivity index is 3.29. The molecule has 0 rings (SSSR count). The van der Waals surface area contributed by atoms with Gasteiger partial charge in [-0.05, 0) is 6.92 Å². The minimum Gasteiger partial charge on any atom is -0.393 e. The molecule has 0 saturated heterocycles. The average molecular weight is 102 g/mol. The van der Waals surface area contributed by atoms with Crippen LogP contribution < -0.4 is 10.8 Å². The van der Waals surface area contributed by atoms with E-state index in [1.165, 1.54) is 0 Å². The van der Waals surface area contributed by atoms with Crippen molar-refractivity contribution in [2.75, 3.05) is 7.05 Å². The lowest BCUT2D eigenvalue weighted by atomic mass is 10.6. The lowest BCUT2D eigenvalue weighted by Crippen LogP contribution is -2.06. The third kappa shape index (κ3) is 3.12. The van der Waals surface area contributed by atoms with Crippen molar-refractivity contribution in [1.82, 2.24) is 10.8 Å². The summed E-state index contributed by atoms with van der Waals surface area (Å²) in [5.41, 5.74) is 2.66. The van der Waals surface area contributed by atoms with Gasteiger partial charge in [0.25, 0.3) is 0 Å². The molecule has 7 heavy (non-hydrogen) atoms. The fraction of sp³-hybridized carbons (Fsp3) is 0.500. The largest absolute Gasteiger partial charge is 0.393 e. The van der Waals surface area contributed by atoms with E-state index >= 15 is 0 Å². The van der Waals surface area contributed by atoms with Gasteiger partial charge in [-0.25, -0.2) is 0 Å². The number of hydroxylamine groups is 1. The van der Waals surface area contributed by atoms with E-state index in [4.69, 9.17) is 5.21 Å². The zero-order valence-corrected chi connectivity index (χ0v) is 4.52. The second kappa shape index (κ2) is 3.49. The van der Waals surface area contributed by atoms with Gasteiger partial charge in [0.2, 0.25) is 0 Å². The highest BCUT2D eigenvalue weighted by Gasteiger charge is 1.74. The van der Waals surface area contributed by atoms with Gasteiger partial charge < -0.3 is 5.32 Å². The lowest BCUT2D eigenvalue weighted by Gasteiger charge is -1.93. The molecule has 42 valence electrons. The monoisotopic (exact) mass is 102 g/mol. The van der Waals surface area contributed by atoms with E-state index in [2.05, 4.69) is 5.32 Å². The Labute approximate surface area is 43.0 Å². The maximum absolute atomic E-state index is 8.11. The van der Waals surface area contributed by atoms with Crippen molar-refractivity contribution in [3.05, 3.63) is 11.9 Å². The van der Waals surface area contributed by atoms with Crippen molar-refractivity contribution in [2.45, 2.75) is 6.92 Å². The summed E-state index contributed by atoms with van der Waals surface area (Å²) in [4.78, 5) is 0. The summed E-state index contributed by atoms with van der Waals surface area (Å²) in [6.45, 7) is 1.75. The first-order valence-electron chi connectivity index (χ1n) is 2.05. The molecular formula is C4H10N2O. The van der Waals surface area contributed by atoms with Gasteiger partial charge in [-0.15, -0.1) is 0 Å². The van der Waals surface area contributed by atoms with Crippen LogP contribution in [0, 0.1) is 0 Å². The van der Waals surface area contributed by atoms with Gasteiger partial charge in [0, 0.05) is 13.2 Å². The molecule has 0 fully saturated rings. The molecule has 0 amide bonds. The zero-order chi connectivity index (χ0) is 5.70. The Kier molecular flexibility index (Phi) is 3.14. The smallest absolute Gasteiger partial charge is 0.0501 e. The van der Waals surface area contributed by atoms with Crippen LogP contribution in [-0.2, 0) is 0 Å². The van der Waals surface area contributed by atoms with Crippen LogP contribution in [0.3, 0.4) is 0 Å². The Hall–Kier alpha value is -0.700. The normalized spacial score (nSPS) is 11.0. The van der Waals surface area contributed by atoms with E-state index < -0.39 is 0 Å². The molecular weight excluding hydrogens is 92.1 g/mol. The molecule has 0 aromatic heterocycles. The fourth-order valence-corrected chi connectivity index (χ4v) is 0.249. The second-order valence-corrected chi connectivity index (χ2v) is 1.23. The van der Waals surface area contributed by atoms with Crippen molar-refractivity contribution in [1.29, 1.82) is 0 Å². The molecule has 0 heterocycles. The maximum atomic E-state index is 8.11. The highest BCUT2D eigenvalue weighted by Crippen LogP contribution is 1.75. The summed E-state index contributed by atoms with van der Waals surface area (Å²) in [6, 6.07) is 0. The molecule has 0 saturated carbocycles. The predicted octanol–water partition coefficient (Wildman–Crippen LogP) is 0.0459. The van der Waals surface area contributed by atoms with Crippen molar-refractivity contribution in [3.8, 4) is 0 Å². The maximum Gasteiger partial charge on any atom is 0.0501 e. The molecule has 3 nitrogen and oxygen atoms in total. The fourth-order valence-electron chi connectivity index (χ4n) is 0.249. The van der Waals surface area contributed by atoms with Gasteiger partial charge in [0.15, 0.2) is 0 Å². The van der Waals surface area contributed by atoms with Crippen molar-refractivity contribution < 1.29 is 5.21 Å². The molecule has 0 atom stereocenters. The van der Waals surface area contributed by atoms with Gasteiger partial charge in [-0.2, -0.15) is 0 Å². The van der Waals surface area contributed by atoms with E-state index in [1.807, 2.05) is 5.48 Å². The van der Waals surface area contributed by atoms with Crippen LogP contribution in [0.5, 0.6) is 0 Å². The molecule has 3 heteroatoms. The molecule has 0 aliphatic rings. The van der Waals surface area contributed by atoms with Gasteiger partial charge in [-0.3, -0.25) is 10.7 Å². The first-order chi connectivity index (χ1) is 3.31. The summed E-state index contributed by atoms with van der Waals surface area (Å²) < 4.78 is 0. The third-order valence-electron chi connectivity index (χ3n) is 0.537. The molecule has 0 aliphatic heterocycles. The first-order valence-corrected chi connectivity index (χ1v) is 2.05. The zero-order valence-electron chi connectivity index (χ0n) is 4.52. The van der Waals surface area contributed by atoms with Crippen LogP contribution in [-0.4, -0.2) is 12.3 Å². The third-order valence-corrected chi connectivity index (χ3v) is 0.537. The Morgan fingerprint density at radius 3 is 2.43 bits per heavy atom. The predicted molar refractivity (Wildman–Crippen MR) is 27.7 cm³/mol. The van der Waals surface area contributed by atoms with E-state index in [-0.39, 0.29) is 0 Å². The van der Waals surface area contributed by atoms with Crippen LogP contribution in [0.15, 0.2) is 11.9 Å². The average Bonchev–Trinajstić information content (AvgIpc) is 1.68. The summed E-state index contributed by atoms with van der Waals surface area (Å²) in [7, 11) is 1.76. The second-order valence-electron chi connectivity index (χ2n) is 1.23. The van der Waals surface area contributed by atoms with Crippen LogP contribution in [0.2, 0.25) is 0 Å². The van der Waals surface area contributed by atoms with Crippen molar-refractivity contribution in [2.24, 2.45) is 0 Å². The van der Waals surface area contributed by atoms with Crippen LogP contribution in [0.4, 0.5) is 0 Å². The summed E-state index contributed by atoms with van der Waals surface area (Å²) in [5.74, 6) is 0. The SMILES string of the molecule is CN/C=C(/C)NO. The van der Waals surface area contributed by atoms with Crippen LogP contribution in [0.25, 0.3) is 0 Å². The molecule has 0 spiro atoms. The minimum atomic E-state index is 0.697. The van der Waals surface area contributed by atoms with Gasteiger partial charge in [0.1, 0.15) is 0 Å². The number of rotatable bonds is 2. The topological polar surface area (TPSA) is 44.3 Å². The summed E-state index contributed by atoms with van der Waals surface area (Å²) in [5, 5.41) is 10.8. The van der Waals surface area contributed by atoms with Gasteiger partial charge >= 0.3 is 0 Å². The van der Waals surface area contributed by atoms with E-state index in [0.717, 1.165) is 0 Å². The van der Waals surface area contributed by atoms with Crippen molar-refractivity contribution >= 4 is 0 Å². The summed E-state index contributed by atoms with van der Waals surface area (Å²) in [6.07, 6.45) is 1.65. The quantitative estimate of drug-likeness (QED) is 0.431. The molecule has 0 radical (unpaired) electrons. The van der Waals surface area contributed by atoms with Crippen LogP contribution >= 0.6 is 0 Å². The number of allylic oxidation sites excluding steroid dienone is 1. The van der Waals surface area contributed by atoms with E-state index in [1.54, 1.807) is 20.2 Å². The number of hydrogen-bond acceptors (Lipinski definition) is 3. The molecule has 0 unspecified atom stereocenters. The Bertz CT molecular complexity index is 70.1. The van der Waals surface area contributed by atoms with Gasteiger partial charge in [-0.1, -0.05) is 0 Å². The van der Waals surface area contributed by atoms with E-state index in [0.29, 0.717) is 5.70 Å². The molecule has 0 aromatic rings. The minimum absolute atomic E-state index is 0.697. The highest BCUT2D eigenvalue weighted by molar-refractivity contribution is 4.88. The first kappa shape index (κ1) is 6.30. The van der Waals surface area contributed by atoms with Crippen LogP contribution in [0.1, 0.15) is 6.92 Å². The highest BCUT2D eigenvalue weighted by atomic mass is 16.5.